The van der Waals surface area contributed by atoms with Gasteiger partial charge in [0, 0.05) is 0 Å². The Morgan fingerprint density at radius 1 is 0.941 bits per heavy atom. The van der Waals surface area contributed by atoms with Gasteiger partial charge >= 0.3 is 0 Å². The second kappa shape index (κ2) is 9.75. The molecule has 0 atom stereocenters. The summed E-state index contributed by atoms with van der Waals surface area (Å²) in [5, 5.41) is 0. The van der Waals surface area contributed by atoms with Gasteiger partial charge in [-0.1, -0.05) is 45.2 Å². The molecule has 0 N–H and O–H groups in total. The maximum absolute atomic E-state index is 5.16. The molecule has 98 valence electrons. The molecule has 0 amide bonds. The standard InChI is InChI=1S/C13H18O.C2H6.HI/c1-14-13-9-7-12(8-10-13)11-5-3-2-4-6-11;1-2;/h7-11H,2-6H2,1H3;1-2H3;1H. The smallest absolute Gasteiger partial charge is 0.118 e. The van der Waals surface area contributed by atoms with Gasteiger partial charge in [0.25, 0.3) is 0 Å². The van der Waals surface area contributed by atoms with Gasteiger partial charge < -0.3 is 4.74 Å². The summed E-state index contributed by atoms with van der Waals surface area (Å²) < 4.78 is 5.16. The molecule has 0 unspecified atom stereocenters. The summed E-state index contributed by atoms with van der Waals surface area (Å²) >= 11 is 0. The molecule has 0 radical (unpaired) electrons. The zero-order valence-electron chi connectivity index (χ0n) is 11.2. The Kier molecular flexibility index (Phi) is 9.60. The fourth-order valence-electron chi connectivity index (χ4n) is 2.31. The van der Waals surface area contributed by atoms with E-state index in [1.165, 1.54) is 37.7 Å². The fourth-order valence-corrected chi connectivity index (χ4v) is 2.31. The van der Waals surface area contributed by atoms with Crippen molar-refractivity contribution < 1.29 is 4.74 Å². The van der Waals surface area contributed by atoms with Crippen LogP contribution in [0.1, 0.15) is 57.4 Å². The predicted octanol–water partition coefficient (Wildman–Crippen LogP) is 5.39. The van der Waals surface area contributed by atoms with Crippen LogP contribution in [0.2, 0.25) is 0 Å². The average molecular weight is 348 g/mol. The first-order valence-electron chi connectivity index (χ1n) is 6.54. The van der Waals surface area contributed by atoms with Crippen LogP contribution in [-0.4, -0.2) is 7.11 Å². The number of hydrogen-bond donors (Lipinski definition) is 0. The molecule has 1 aromatic rings. The van der Waals surface area contributed by atoms with E-state index in [2.05, 4.69) is 24.3 Å². The van der Waals surface area contributed by atoms with Crippen LogP contribution in [0, 0.1) is 0 Å². The lowest BCUT2D eigenvalue weighted by molar-refractivity contribution is 0.413. The summed E-state index contributed by atoms with van der Waals surface area (Å²) in [5.41, 5.74) is 1.49. The average Bonchev–Trinajstić information content (AvgIpc) is 2.42. The maximum atomic E-state index is 5.16. The van der Waals surface area contributed by atoms with E-state index >= 15 is 0 Å². The van der Waals surface area contributed by atoms with Crippen LogP contribution in [0.3, 0.4) is 0 Å². The lowest BCUT2D eigenvalue weighted by atomic mass is 9.84. The minimum Gasteiger partial charge on any atom is -0.497 e. The van der Waals surface area contributed by atoms with E-state index in [0.717, 1.165) is 11.7 Å². The van der Waals surface area contributed by atoms with E-state index in [-0.39, 0.29) is 24.0 Å². The van der Waals surface area contributed by atoms with Gasteiger partial charge in [-0.3, -0.25) is 0 Å². The van der Waals surface area contributed by atoms with Crippen molar-refractivity contribution in [1.29, 1.82) is 0 Å². The number of ether oxygens (including phenoxy) is 1. The maximum Gasteiger partial charge on any atom is 0.118 e. The zero-order valence-corrected chi connectivity index (χ0v) is 13.6. The van der Waals surface area contributed by atoms with E-state index in [0.29, 0.717) is 0 Å². The molecule has 0 saturated heterocycles. The summed E-state index contributed by atoms with van der Waals surface area (Å²) in [6.45, 7) is 4.00. The molecule has 0 bridgehead atoms. The molecule has 1 saturated carbocycles. The summed E-state index contributed by atoms with van der Waals surface area (Å²) in [5.74, 6) is 1.76. The van der Waals surface area contributed by atoms with Crippen LogP contribution in [-0.2, 0) is 0 Å². The van der Waals surface area contributed by atoms with Crippen molar-refractivity contribution in [2.75, 3.05) is 7.11 Å². The van der Waals surface area contributed by atoms with Crippen molar-refractivity contribution in [2.24, 2.45) is 0 Å². The van der Waals surface area contributed by atoms with Gasteiger partial charge in [-0.25, -0.2) is 0 Å². The zero-order chi connectivity index (χ0) is 11.8. The second-order valence-electron chi connectivity index (χ2n) is 4.11. The molecule has 0 aromatic heterocycles. The Morgan fingerprint density at radius 3 is 1.94 bits per heavy atom. The molecule has 2 heteroatoms. The van der Waals surface area contributed by atoms with Gasteiger partial charge in [-0.15, -0.1) is 24.0 Å². The largest absolute Gasteiger partial charge is 0.497 e. The Bertz CT molecular complexity index is 275. The van der Waals surface area contributed by atoms with Crippen molar-refractivity contribution in [3.63, 3.8) is 0 Å². The third-order valence-electron chi connectivity index (χ3n) is 3.19. The van der Waals surface area contributed by atoms with Gasteiger partial charge in [0.05, 0.1) is 7.11 Å². The first kappa shape index (κ1) is 16.8. The van der Waals surface area contributed by atoms with Crippen molar-refractivity contribution in [2.45, 2.75) is 51.9 Å². The topological polar surface area (TPSA) is 9.23 Å². The number of methoxy groups -OCH3 is 1. The Hall–Kier alpha value is -0.250. The van der Waals surface area contributed by atoms with E-state index in [1.807, 2.05) is 13.8 Å². The molecule has 0 aliphatic heterocycles. The Morgan fingerprint density at radius 2 is 1.47 bits per heavy atom. The first-order valence-corrected chi connectivity index (χ1v) is 6.54. The van der Waals surface area contributed by atoms with Crippen LogP contribution in [0.4, 0.5) is 0 Å². The third-order valence-corrected chi connectivity index (χ3v) is 3.19. The SMILES string of the molecule is CC.COc1ccc(C2CCCCC2)cc1.I. The van der Waals surface area contributed by atoms with E-state index in [9.17, 15) is 0 Å². The van der Waals surface area contributed by atoms with Crippen molar-refractivity contribution in [1.82, 2.24) is 0 Å². The summed E-state index contributed by atoms with van der Waals surface area (Å²) in [6, 6.07) is 8.58. The Labute approximate surface area is 123 Å². The van der Waals surface area contributed by atoms with Crippen molar-refractivity contribution in [3.8, 4) is 5.75 Å². The molecule has 1 aliphatic carbocycles. The molecule has 17 heavy (non-hydrogen) atoms. The van der Waals surface area contributed by atoms with Crippen LogP contribution >= 0.6 is 24.0 Å². The first-order chi connectivity index (χ1) is 7.90. The number of halogens is 1. The molecule has 1 aliphatic rings. The highest BCUT2D eigenvalue weighted by Gasteiger charge is 2.14. The van der Waals surface area contributed by atoms with Gasteiger partial charge in [-0.05, 0) is 36.5 Å². The lowest BCUT2D eigenvalue weighted by Crippen LogP contribution is -2.04. The summed E-state index contributed by atoms with van der Waals surface area (Å²) in [7, 11) is 1.72. The number of benzene rings is 1. The van der Waals surface area contributed by atoms with Crippen LogP contribution in [0.5, 0.6) is 5.75 Å². The monoisotopic (exact) mass is 348 g/mol. The van der Waals surface area contributed by atoms with Crippen LogP contribution < -0.4 is 4.74 Å². The molecular formula is C15H25IO. The molecule has 1 aromatic carbocycles. The normalized spacial score (nSPS) is 15.2. The highest BCUT2D eigenvalue weighted by molar-refractivity contribution is 14.0. The second-order valence-corrected chi connectivity index (χ2v) is 4.11. The van der Waals surface area contributed by atoms with Gasteiger partial charge in [0.2, 0.25) is 0 Å². The fraction of sp³-hybridized carbons (Fsp3) is 0.600. The molecular weight excluding hydrogens is 323 g/mol. The highest BCUT2D eigenvalue weighted by Crippen LogP contribution is 2.33. The summed E-state index contributed by atoms with van der Waals surface area (Å²) in [6.07, 6.45) is 6.96. The van der Waals surface area contributed by atoms with E-state index in [4.69, 9.17) is 4.74 Å². The highest BCUT2D eigenvalue weighted by atomic mass is 127. The van der Waals surface area contributed by atoms with Crippen molar-refractivity contribution in [3.05, 3.63) is 29.8 Å². The van der Waals surface area contributed by atoms with Crippen LogP contribution in [0.15, 0.2) is 24.3 Å². The molecule has 2 rings (SSSR count). The van der Waals surface area contributed by atoms with E-state index < -0.39 is 0 Å². The minimum atomic E-state index is 0. The van der Waals surface area contributed by atoms with Gasteiger partial charge in [0.15, 0.2) is 0 Å². The molecule has 0 spiro atoms. The predicted molar refractivity (Wildman–Crippen MR) is 85.6 cm³/mol. The van der Waals surface area contributed by atoms with E-state index in [1.54, 1.807) is 7.11 Å². The van der Waals surface area contributed by atoms with Crippen LogP contribution in [0.25, 0.3) is 0 Å². The summed E-state index contributed by atoms with van der Waals surface area (Å²) in [4.78, 5) is 0. The number of rotatable bonds is 2. The molecule has 1 nitrogen and oxygen atoms in total. The third kappa shape index (κ3) is 5.28. The number of hydrogen-bond acceptors (Lipinski definition) is 1. The van der Waals surface area contributed by atoms with Gasteiger partial charge in [-0.2, -0.15) is 0 Å². The van der Waals surface area contributed by atoms with Gasteiger partial charge in [0.1, 0.15) is 5.75 Å². The quantitative estimate of drug-likeness (QED) is 0.652. The molecule has 1 fully saturated rings. The minimum absolute atomic E-state index is 0. The lowest BCUT2D eigenvalue weighted by Gasteiger charge is -2.21. The Balaban J connectivity index is 0.000000811. The molecule has 0 heterocycles. The van der Waals surface area contributed by atoms with Crippen molar-refractivity contribution >= 4 is 24.0 Å².